The van der Waals surface area contributed by atoms with Gasteiger partial charge >= 0.3 is 5.97 Å². The second kappa shape index (κ2) is 6.41. The van der Waals surface area contributed by atoms with Gasteiger partial charge in [-0.3, -0.25) is 9.59 Å². The average molecular weight is 392 g/mol. The van der Waals surface area contributed by atoms with Crippen molar-refractivity contribution in [2.45, 2.75) is 19.3 Å². The van der Waals surface area contributed by atoms with Gasteiger partial charge < -0.3 is 10.0 Å². The molecule has 28 heavy (non-hydrogen) atoms. The number of rotatable bonds is 3. The molecule has 1 atom stereocenters. The standard InChI is InChI=1S/C22H20N2O3S/c25-20(24-9-7-22(8-10-24)13-16(22)21(26)27)15-12-18(19-6-3-11-28-19)23-17-5-2-1-4-14(15)17/h1-6,11-12,16H,7-10,13H2,(H,26,27). The maximum atomic E-state index is 13.4. The first-order valence-electron chi connectivity index (χ1n) is 9.53. The van der Waals surface area contributed by atoms with E-state index in [1.54, 1.807) is 11.3 Å². The lowest BCUT2D eigenvalue weighted by Crippen LogP contribution is -2.40. The number of carbonyl (C=O) groups is 2. The van der Waals surface area contributed by atoms with E-state index in [0.29, 0.717) is 18.7 Å². The van der Waals surface area contributed by atoms with E-state index in [0.717, 1.165) is 40.7 Å². The molecule has 5 nitrogen and oxygen atoms in total. The van der Waals surface area contributed by atoms with E-state index >= 15 is 0 Å². The van der Waals surface area contributed by atoms with Gasteiger partial charge in [0, 0.05) is 18.5 Å². The Morgan fingerprint density at radius 1 is 1.14 bits per heavy atom. The smallest absolute Gasteiger partial charge is 0.307 e. The molecule has 1 N–H and O–H groups in total. The van der Waals surface area contributed by atoms with Gasteiger partial charge in [-0.1, -0.05) is 24.3 Å². The zero-order valence-electron chi connectivity index (χ0n) is 15.3. The fourth-order valence-corrected chi connectivity index (χ4v) is 5.16. The number of carboxylic acids is 1. The molecule has 2 aromatic heterocycles. The van der Waals surface area contributed by atoms with Crippen molar-refractivity contribution in [3.8, 4) is 10.6 Å². The summed E-state index contributed by atoms with van der Waals surface area (Å²) in [5.41, 5.74) is 2.23. The van der Waals surface area contributed by atoms with Crippen molar-refractivity contribution in [2.24, 2.45) is 11.3 Å². The number of hydrogen-bond donors (Lipinski definition) is 1. The Kier molecular flexibility index (Phi) is 3.98. The average Bonchev–Trinajstić information content (AvgIpc) is 3.15. The first kappa shape index (κ1) is 17.4. The number of amides is 1. The van der Waals surface area contributed by atoms with Gasteiger partial charge in [0.15, 0.2) is 0 Å². The van der Waals surface area contributed by atoms with Crippen molar-refractivity contribution >= 4 is 34.1 Å². The number of thiophene rings is 1. The molecule has 1 saturated heterocycles. The van der Waals surface area contributed by atoms with Crippen LogP contribution >= 0.6 is 11.3 Å². The Hall–Kier alpha value is -2.73. The predicted molar refractivity (Wildman–Crippen MR) is 108 cm³/mol. The maximum absolute atomic E-state index is 13.4. The largest absolute Gasteiger partial charge is 0.481 e. The van der Waals surface area contributed by atoms with Crippen LogP contribution in [0.15, 0.2) is 47.8 Å². The monoisotopic (exact) mass is 392 g/mol. The van der Waals surface area contributed by atoms with E-state index < -0.39 is 5.97 Å². The number of aromatic nitrogens is 1. The lowest BCUT2D eigenvalue weighted by Gasteiger charge is -2.33. The van der Waals surface area contributed by atoms with Crippen LogP contribution < -0.4 is 0 Å². The highest BCUT2D eigenvalue weighted by Gasteiger charge is 2.59. The van der Waals surface area contributed by atoms with Crippen LogP contribution in [-0.4, -0.2) is 40.0 Å². The molecule has 3 aromatic rings. The lowest BCUT2D eigenvalue weighted by molar-refractivity contribution is -0.139. The third-order valence-electron chi connectivity index (χ3n) is 6.25. The van der Waals surface area contributed by atoms with E-state index in [-0.39, 0.29) is 17.2 Å². The van der Waals surface area contributed by atoms with Crippen molar-refractivity contribution in [1.29, 1.82) is 0 Å². The summed E-state index contributed by atoms with van der Waals surface area (Å²) in [5.74, 6) is -0.906. The van der Waals surface area contributed by atoms with Gasteiger partial charge in [-0.2, -0.15) is 0 Å². The molecule has 1 unspecified atom stereocenters. The molecule has 2 fully saturated rings. The Labute approximate surface area is 166 Å². The molecule has 2 aliphatic rings. The van der Waals surface area contributed by atoms with E-state index in [9.17, 15) is 14.7 Å². The van der Waals surface area contributed by atoms with Crippen molar-refractivity contribution in [3.63, 3.8) is 0 Å². The fraction of sp³-hybridized carbons (Fsp3) is 0.318. The molecule has 1 aromatic carbocycles. The van der Waals surface area contributed by atoms with Crippen LogP contribution in [-0.2, 0) is 4.79 Å². The number of fused-ring (bicyclic) bond motifs is 1. The predicted octanol–water partition coefficient (Wildman–Crippen LogP) is 4.29. The number of carbonyl (C=O) groups excluding carboxylic acids is 1. The second-order valence-corrected chi connectivity index (χ2v) is 8.75. The second-order valence-electron chi connectivity index (χ2n) is 7.80. The number of nitrogens with zero attached hydrogens (tertiary/aromatic N) is 2. The molecule has 5 rings (SSSR count). The van der Waals surface area contributed by atoms with Crippen LogP contribution in [0.4, 0.5) is 0 Å². The zero-order valence-corrected chi connectivity index (χ0v) is 16.1. The lowest BCUT2D eigenvalue weighted by atomic mass is 9.90. The molecular formula is C22H20N2O3S. The molecule has 1 spiro atoms. The summed E-state index contributed by atoms with van der Waals surface area (Å²) in [7, 11) is 0. The molecule has 1 aliphatic carbocycles. The van der Waals surface area contributed by atoms with Gasteiger partial charge in [-0.05, 0) is 48.3 Å². The van der Waals surface area contributed by atoms with Crippen molar-refractivity contribution in [3.05, 3.63) is 53.4 Å². The van der Waals surface area contributed by atoms with Gasteiger partial charge in [-0.25, -0.2) is 4.98 Å². The molecular weight excluding hydrogens is 372 g/mol. The van der Waals surface area contributed by atoms with Gasteiger partial charge in [-0.15, -0.1) is 11.3 Å². The van der Waals surface area contributed by atoms with Crippen LogP contribution in [0.5, 0.6) is 0 Å². The van der Waals surface area contributed by atoms with Gasteiger partial charge in [0.2, 0.25) is 0 Å². The Morgan fingerprint density at radius 2 is 1.93 bits per heavy atom. The molecule has 0 radical (unpaired) electrons. The molecule has 6 heteroatoms. The quantitative estimate of drug-likeness (QED) is 0.722. The molecule has 1 aliphatic heterocycles. The van der Waals surface area contributed by atoms with E-state index in [4.69, 9.17) is 4.98 Å². The topological polar surface area (TPSA) is 70.5 Å². The highest BCUT2D eigenvalue weighted by atomic mass is 32.1. The fourth-order valence-electron chi connectivity index (χ4n) is 4.48. The van der Waals surface area contributed by atoms with Gasteiger partial charge in [0.05, 0.1) is 27.6 Å². The summed E-state index contributed by atoms with van der Waals surface area (Å²) >= 11 is 1.61. The minimum Gasteiger partial charge on any atom is -0.481 e. The van der Waals surface area contributed by atoms with Gasteiger partial charge in [0.25, 0.3) is 5.91 Å². The Balaban J connectivity index is 1.46. The number of benzene rings is 1. The first-order chi connectivity index (χ1) is 13.6. The normalized spacial score (nSPS) is 20.4. The molecule has 1 amide bonds. The van der Waals surface area contributed by atoms with Crippen LogP contribution in [0.3, 0.4) is 0 Å². The maximum Gasteiger partial charge on any atom is 0.307 e. The van der Waals surface area contributed by atoms with Crippen molar-refractivity contribution in [2.75, 3.05) is 13.1 Å². The summed E-state index contributed by atoms with van der Waals surface area (Å²) in [6.07, 6.45) is 2.30. The number of likely N-dealkylation sites (tertiary alicyclic amines) is 1. The number of hydrogen-bond acceptors (Lipinski definition) is 4. The number of para-hydroxylation sites is 1. The van der Waals surface area contributed by atoms with Crippen LogP contribution in [0.25, 0.3) is 21.5 Å². The Bertz CT molecular complexity index is 1070. The summed E-state index contributed by atoms with van der Waals surface area (Å²) < 4.78 is 0. The van der Waals surface area contributed by atoms with Crippen LogP contribution in [0, 0.1) is 11.3 Å². The highest BCUT2D eigenvalue weighted by molar-refractivity contribution is 7.13. The van der Waals surface area contributed by atoms with Crippen molar-refractivity contribution in [1.82, 2.24) is 9.88 Å². The number of piperidine rings is 1. The minimum atomic E-state index is -0.694. The van der Waals surface area contributed by atoms with Crippen molar-refractivity contribution < 1.29 is 14.7 Å². The summed E-state index contributed by atoms with van der Waals surface area (Å²) in [5, 5.41) is 12.1. The number of aliphatic carboxylic acids is 1. The number of pyridine rings is 1. The van der Waals surface area contributed by atoms with Crippen LogP contribution in [0.1, 0.15) is 29.6 Å². The summed E-state index contributed by atoms with van der Waals surface area (Å²) in [6.45, 7) is 1.24. The summed E-state index contributed by atoms with van der Waals surface area (Å²) in [6, 6.07) is 13.6. The van der Waals surface area contributed by atoms with Gasteiger partial charge in [0.1, 0.15) is 0 Å². The summed E-state index contributed by atoms with van der Waals surface area (Å²) in [4.78, 5) is 32.3. The Morgan fingerprint density at radius 3 is 2.61 bits per heavy atom. The van der Waals surface area contributed by atoms with E-state index in [1.807, 2.05) is 52.7 Å². The zero-order chi connectivity index (χ0) is 19.3. The van der Waals surface area contributed by atoms with E-state index in [2.05, 4.69) is 0 Å². The first-order valence-corrected chi connectivity index (χ1v) is 10.4. The number of carboxylic acid groups (broad SMARTS) is 1. The third-order valence-corrected chi connectivity index (χ3v) is 7.15. The minimum absolute atomic E-state index is 0.0128. The molecule has 3 heterocycles. The molecule has 142 valence electrons. The van der Waals surface area contributed by atoms with E-state index in [1.165, 1.54) is 0 Å². The molecule has 0 bridgehead atoms. The molecule has 1 saturated carbocycles. The SMILES string of the molecule is O=C(O)C1CC12CCN(C(=O)c1cc(-c3cccs3)nc3ccccc13)CC2. The van der Waals surface area contributed by atoms with Crippen LogP contribution in [0.2, 0.25) is 0 Å². The highest BCUT2D eigenvalue weighted by Crippen LogP contribution is 2.59. The third kappa shape index (κ3) is 2.79.